The van der Waals surface area contributed by atoms with Gasteiger partial charge in [-0.2, -0.15) is 0 Å². The fourth-order valence-electron chi connectivity index (χ4n) is 1.09. The van der Waals surface area contributed by atoms with Crippen molar-refractivity contribution >= 4 is 0 Å². The quantitative estimate of drug-likeness (QED) is 0.442. The summed E-state index contributed by atoms with van der Waals surface area (Å²) in [6.07, 6.45) is 1.25. The average molecular weight is 130 g/mol. The van der Waals surface area contributed by atoms with Crippen LogP contribution in [0.25, 0.3) is 0 Å². The standard InChI is InChI=1S/C7H18N2/c1-6(2)4-7(3)5-9-8/h6-7,9H,4-5,8H2,1-3H3. The summed E-state index contributed by atoms with van der Waals surface area (Å²) in [7, 11) is 0. The van der Waals surface area contributed by atoms with Crippen LogP contribution < -0.4 is 11.3 Å². The molecule has 0 saturated heterocycles. The largest absolute Gasteiger partial charge is 0.271 e. The van der Waals surface area contributed by atoms with Crippen molar-refractivity contribution in [2.45, 2.75) is 27.2 Å². The number of nitrogens with one attached hydrogen (secondary N) is 1. The van der Waals surface area contributed by atoms with E-state index < -0.39 is 0 Å². The summed E-state index contributed by atoms with van der Waals surface area (Å²) < 4.78 is 0. The molecule has 0 amide bonds. The van der Waals surface area contributed by atoms with E-state index in [-0.39, 0.29) is 0 Å². The maximum Gasteiger partial charge on any atom is 0.0123 e. The maximum atomic E-state index is 5.16. The second-order valence-electron chi connectivity index (χ2n) is 3.14. The first kappa shape index (κ1) is 8.92. The van der Waals surface area contributed by atoms with E-state index in [1.54, 1.807) is 0 Å². The van der Waals surface area contributed by atoms with Gasteiger partial charge in [0.15, 0.2) is 0 Å². The molecule has 0 aliphatic carbocycles. The predicted octanol–water partition coefficient (Wildman–Crippen LogP) is 1.13. The van der Waals surface area contributed by atoms with E-state index in [1.807, 2.05) is 0 Å². The van der Waals surface area contributed by atoms with Crippen LogP contribution in [0.2, 0.25) is 0 Å². The molecule has 2 heteroatoms. The first-order valence-electron chi connectivity index (χ1n) is 3.60. The molecule has 1 unspecified atom stereocenters. The molecule has 0 heterocycles. The highest BCUT2D eigenvalue weighted by Crippen LogP contribution is 2.08. The molecule has 0 spiro atoms. The first-order chi connectivity index (χ1) is 4.16. The molecular weight excluding hydrogens is 112 g/mol. The van der Waals surface area contributed by atoms with E-state index in [9.17, 15) is 0 Å². The van der Waals surface area contributed by atoms with Crippen LogP contribution in [0.1, 0.15) is 27.2 Å². The molecule has 0 aliphatic heterocycles. The van der Waals surface area contributed by atoms with Gasteiger partial charge in [0, 0.05) is 6.54 Å². The van der Waals surface area contributed by atoms with Gasteiger partial charge in [0.1, 0.15) is 0 Å². The van der Waals surface area contributed by atoms with Crippen molar-refractivity contribution in [2.24, 2.45) is 17.7 Å². The SMILES string of the molecule is CC(C)CC(C)CNN. The van der Waals surface area contributed by atoms with Crippen molar-refractivity contribution in [3.8, 4) is 0 Å². The highest BCUT2D eigenvalue weighted by atomic mass is 15.2. The van der Waals surface area contributed by atoms with E-state index in [2.05, 4.69) is 26.2 Å². The van der Waals surface area contributed by atoms with Crippen LogP contribution in [0, 0.1) is 11.8 Å². The average Bonchev–Trinajstić information content (AvgIpc) is 1.63. The molecule has 3 N–H and O–H groups in total. The molecule has 0 saturated carbocycles. The maximum absolute atomic E-state index is 5.16. The zero-order chi connectivity index (χ0) is 7.28. The normalized spacial score (nSPS) is 14.3. The van der Waals surface area contributed by atoms with Gasteiger partial charge >= 0.3 is 0 Å². The van der Waals surface area contributed by atoms with Crippen molar-refractivity contribution in [2.75, 3.05) is 6.54 Å². The molecule has 0 fully saturated rings. The summed E-state index contributed by atoms with van der Waals surface area (Å²) in [5, 5.41) is 0. The van der Waals surface area contributed by atoms with Gasteiger partial charge in [-0.25, -0.2) is 0 Å². The monoisotopic (exact) mass is 130 g/mol. The minimum Gasteiger partial charge on any atom is -0.271 e. The molecule has 2 nitrogen and oxygen atoms in total. The predicted molar refractivity (Wildman–Crippen MR) is 40.8 cm³/mol. The van der Waals surface area contributed by atoms with Gasteiger partial charge in [-0.05, 0) is 18.3 Å². The van der Waals surface area contributed by atoms with Crippen LogP contribution in [0.15, 0.2) is 0 Å². The Kier molecular flexibility index (Phi) is 4.72. The van der Waals surface area contributed by atoms with Gasteiger partial charge in [-0.1, -0.05) is 20.8 Å². The smallest absolute Gasteiger partial charge is 0.0123 e. The first-order valence-corrected chi connectivity index (χ1v) is 3.60. The number of hydrogen-bond donors (Lipinski definition) is 2. The van der Waals surface area contributed by atoms with Gasteiger partial charge in [0.25, 0.3) is 0 Å². The Labute approximate surface area is 57.8 Å². The second-order valence-corrected chi connectivity index (χ2v) is 3.14. The van der Waals surface area contributed by atoms with Gasteiger partial charge < -0.3 is 0 Å². The zero-order valence-electron chi connectivity index (χ0n) is 6.65. The summed E-state index contributed by atoms with van der Waals surface area (Å²) in [6.45, 7) is 7.60. The topological polar surface area (TPSA) is 38.0 Å². The van der Waals surface area contributed by atoms with Gasteiger partial charge in [-0.3, -0.25) is 11.3 Å². The van der Waals surface area contributed by atoms with Crippen molar-refractivity contribution in [3.63, 3.8) is 0 Å². The lowest BCUT2D eigenvalue weighted by Crippen LogP contribution is -2.28. The lowest BCUT2D eigenvalue weighted by molar-refractivity contribution is 0.418. The summed E-state index contributed by atoms with van der Waals surface area (Å²) in [5.74, 6) is 6.64. The van der Waals surface area contributed by atoms with E-state index >= 15 is 0 Å². The van der Waals surface area contributed by atoms with Crippen LogP contribution >= 0.6 is 0 Å². The van der Waals surface area contributed by atoms with Crippen LogP contribution in [-0.2, 0) is 0 Å². The second kappa shape index (κ2) is 4.77. The van der Waals surface area contributed by atoms with Crippen LogP contribution in [-0.4, -0.2) is 6.54 Å². The van der Waals surface area contributed by atoms with Crippen LogP contribution in [0.4, 0.5) is 0 Å². The van der Waals surface area contributed by atoms with Crippen LogP contribution in [0.5, 0.6) is 0 Å². The molecule has 0 aromatic carbocycles. The molecule has 9 heavy (non-hydrogen) atoms. The fourth-order valence-corrected chi connectivity index (χ4v) is 1.09. The minimum atomic E-state index is 0.704. The Bertz CT molecular complexity index is 61.9. The number of rotatable bonds is 4. The summed E-state index contributed by atoms with van der Waals surface area (Å²) in [4.78, 5) is 0. The van der Waals surface area contributed by atoms with Crippen molar-refractivity contribution in [1.82, 2.24) is 5.43 Å². The zero-order valence-corrected chi connectivity index (χ0v) is 6.65. The molecule has 0 aliphatic rings. The lowest BCUT2D eigenvalue weighted by atomic mass is 9.99. The number of hydrazine groups is 1. The number of hydrogen-bond acceptors (Lipinski definition) is 2. The molecule has 0 rings (SSSR count). The Morgan fingerprint density at radius 1 is 1.33 bits per heavy atom. The number of nitrogens with two attached hydrogens (primary N) is 1. The minimum absolute atomic E-state index is 0.704. The Morgan fingerprint density at radius 2 is 1.89 bits per heavy atom. The highest BCUT2D eigenvalue weighted by molar-refractivity contribution is 4.56. The molecule has 56 valence electrons. The summed E-state index contributed by atoms with van der Waals surface area (Å²) >= 11 is 0. The molecule has 0 bridgehead atoms. The third kappa shape index (κ3) is 5.80. The molecule has 0 aromatic heterocycles. The van der Waals surface area contributed by atoms with Gasteiger partial charge in [0.2, 0.25) is 0 Å². The highest BCUT2D eigenvalue weighted by Gasteiger charge is 2.02. The van der Waals surface area contributed by atoms with Crippen LogP contribution in [0.3, 0.4) is 0 Å². The Balaban J connectivity index is 3.15. The van der Waals surface area contributed by atoms with E-state index in [4.69, 9.17) is 5.84 Å². The van der Waals surface area contributed by atoms with Crippen molar-refractivity contribution in [3.05, 3.63) is 0 Å². The summed E-state index contributed by atoms with van der Waals surface area (Å²) in [5.41, 5.74) is 2.67. The summed E-state index contributed by atoms with van der Waals surface area (Å²) in [6, 6.07) is 0. The third-order valence-electron chi connectivity index (χ3n) is 1.34. The van der Waals surface area contributed by atoms with Gasteiger partial charge in [-0.15, -0.1) is 0 Å². The van der Waals surface area contributed by atoms with Gasteiger partial charge in [0.05, 0.1) is 0 Å². The molecule has 1 atom stereocenters. The molecule has 0 aromatic rings. The molecular formula is C7H18N2. The third-order valence-corrected chi connectivity index (χ3v) is 1.34. The molecule has 0 radical (unpaired) electrons. The van der Waals surface area contributed by atoms with E-state index in [0.29, 0.717) is 5.92 Å². The van der Waals surface area contributed by atoms with Crippen molar-refractivity contribution in [1.29, 1.82) is 0 Å². The Hall–Kier alpha value is -0.0800. The lowest BCUT2D eigenvalue weighted by Gasteiger charge is -2.11. The van der Waals surface area contributed by atoms with Crippen molar-refractivity contribution < 1.29 is 0 Å². The Morgan fingerprint density at radius 3 is 2.22 bits per heavy atom. The fraction of sp³-hybridized carbons (Fsp3) is 1.00. The van der Waals surface area contributed by atoms with E-state index in [0.717, 1.165) is 12.5 Å². The van der Waals surface area contributed by atoms with E-state index in [1.165, 1.54) is 6.42 Å².